The molecule has 0 aliphatic heterocycles. The molecule has 2 atom stereocenters. The van der Waals surface area contributed by atoms with Crippen molar-refractivity contribution in [2.45, 2.75) is 77.6 Å². The molecule has 2 unspecified atom stereocenters. The quantitative estimate of drug-likeness (QED) is 0.551. The zero-order chi connectivity index (χ0) is 16.0. The predicted octanol–water partition coefficient (Wildman–Crippen LogP) is 3.90. The molecule has 0 aliphatic carbocycles. The maximum absolute atomic E-state index is 9.63. The lowest BCUT2D eigenvalue weighted by atomic mass is 10.1. The van der Waals surface area contributed by atoms with E-state index in [-0.39, 0.29) is 6.42 Å². The molecular weight excluding hydrogens is 160 g/mol. The van der Waals surface area contributed by atoms with Crippen LogP contribution in [0.5, 0.6) is 0 Å². The molecule has 0 fully saturated rings. The van der Waals surface area contributed by atoms with E-state index in [0.717, 1.165) is 32.1 Å². The molecule has 1 N–H and O–H groups in total. The third-order valence-electron chi connectivity index (χ3n) is 1.94. The fourth-order valence-corrected chi connectivity index (χ4v) is 1.20. The summed E-state index contributed by atoms with van der Waals surface area (Å²) in [6, 6.07) is 0. The minimum Gasteiger partial charge on any atom is -0.393 e. The average Bonchev–Trinajstić information content (AvgIpc) is 2.31. The number of hydrogen-bond donors (Lipinski definition) is 1. The number of unbranched alkanes of at least 4 members (excludes halogenated alkanes) is 5. The van der Waals surface area contributed by atoms with Crippen LogP contribution in [0.3, 0.4) is 0 Å². The van der Waals surface area contributed by atoms with Crippen LogP contribution in [0, 0.1) is 0 Å². The molecule has 80 valence electrons. The molecule has 13 heavy (non-hydrogen) atoms. The van der Waals surface area contributed by atoms with Gasteiger partial charge in [-0.25, -0.2) is 0 Å². The fraction of sp³-hybridized carbons (Fsp3) is 1.00. The first-order chi connectivity index (χ1) is 8.98. The fourth-order valence-electron chi connectivity index (χ4n) is 1.20. The van der Waals surface area contributed by atoms with Crippen LogP contribution in [-0.2, 0) is 0 Å². The van der Waals surface area contributed by atoms with E-state index in [1.165, 1.54) is 0 Å². The van der Waals surface area contributed by atoms with E-state index in [0.29, 0.717) is 6.42 Å². The summed E-state index contributed by atoms with van der Waals surface area (Å²) >= 11 is 0. The van der Waals surface area contributed by atoms with Crippen LogP contribution in [0.4, 0.5) is 0 Å². The first-order valence-electron chi connectivity index (χ1n) is 8.70. The van der Waals surface area contributed by atoms with Crippen LogP contribution in [0.25, 0.3) is 0 Å². The van der Waals surface area contributed by atoms with Gasteiger partial charge < -0.3 is 5.11 Å². The molecule has 0 aliphatic rings. The summed E-state index contributed by atoms with van der Waals surface area (Å²) in [5.41, 5.74) is 0. The molecule has 0 spiro atoms. The van der Waals surface area contributed by atoms with E-state index < -0.39 is 25.7 Å². The van der Waals surface area contributed by atoms with Gasteiger partial charge >= 0.3 is 0 Å². The Morgan fingerprint density at radius 3 is 2.46 bits per heavy atom. The third kappa shape index (κ3) is 12.0. The average molecular weight is 193 g/mol. The maximum Gasteiger partial charge on any atom is 0.0597 e. The Bertz CT molecular complexity index is 275. The van der Waals surface area contributed by atoms with E-state index in [4.69, 9.17) is 9.60 Å². The minimum absolute atomic E-state index is 0.149. The molecule has 0 amide bonds. The van der Waals surface area contributed by atoms with Gasteiger partial charge in [0.2, 0.25) is 0 Å². The van der Waals surface area contributed by atoms with Crippen molar-refractivity contribution in [1.82, 2.24) is 0 Å². The molecule has 0 radical (unpaired) electrons. The molecule has 0 heterocycles. The molecule has 1 heteroatoms. The highest BCUT2D eigenvalue weighted by Gasteiger charge is 1.95. The summed E-state index contributed by atoms with van der Waals surface area (Å²) in [5.74, 6) is 0. The highest BCUT2D eigenvalue weighted by molar-refractivity contribution is 4.49. The Balaban J connectivity index is 4.35. The summed E-state index contributed by atoms with van der Waals surface area (Å²) in [6.07, 6.45) is -1.46. The van der Waals surface area contributed by atoms with Gasteiger partial charge in [-0.1, -0.05) is 58.3 Å². The van der Waals surface area contributed by atoms with Crippen molar-refractivity contribution in [1.29, 1.82) is 0 Å². The summed E-state index contributed by atoms with van der Waals surface area (Å²) in [5, 5.41) is 9.63. The van der Waals surface area contributed by atoms with Crippen molar-refractivity contribution < 1.29 is 14.7 Å². The topological polar surface area (TPSA) is 20.2 Å². The lowest BCUT2D eigenvalue weighted by Crippen LogP contribution is -1.98. The van der Waals surface area contributed by atoms with Gasteiger partial charge in [0.15, 0.2) is 0 Å². The van der Waals surface area contributed by atoms with Gasteiger partial charge in [-0.2, -0.15) is 0 Å². The largest absolute Gasteiger partial charge is 0.393 e. The van der Waals surface area contributed by atoms with Crippen LogP contribution >= 0.6 is 0 Å². The van der Waals surface area contributed by atoms with E-state index >= 15 is 0 Å². The van der Waals surface area contributed by atoms with E-state index in [1.54, 1.807) is 0 Å². The molecule has 0 aromatic carbocycles. The molecule has 1 nitrogen and oxygen atoms in total. The molecule has 0 bridgehead atoms. The number of rotatable bonds is 9. The normalized spacial score (nSPS) is 28.0. The zero-order valence-corrected chi connectivity index (χ0v) is 8.47. The zero-order valence-electron chi connectivity index (χ0n) is 15.5. The Labute approximate surface area is 93.4 Å². The monoisotopic (exact) mass is 193 g/mol. The molecule has 0 rings (SSSR count). The van der Waals surface area contributed by atoms with Crippen LogP contribution in [0.15, 0.2) is 0 Å². The Morgan fingerprint density at radius 1 is 1.23 bits per heavy atom. The Morgan fingerprint density at radius 2 is 1.85 bits per heavy atom. The van der Waals surface area contributed by atoms with E-state index in [9.17, 15) is 5.11 Å². The predicted molar refractivity (Wildman–Crippen MR) is 58.9 cm³/mol. The second-order valence-corrected chi connectivity index (χ2v) is 3.25. The molecule has 0 aromatic rings. The highest BCUT2D eigenvalue weighted by Crippen LogP contribution is 2.10. The standard InChI is InChI=1S/C12H26O/c1-3-4-5-6-7-8-9-10-11-12(2)13/h12-13H,3-11H2,1-2H3/i2D3,10D,11D2,12D. The molecular formula is C12H26O. The molecule has 0 aromatic heterocycles. The smallest absolute Gasteiger partial charge is 0.0597 e. The van der Waals surface area contributed by atoms with Gasteiger partial charge in [-0.15, -0.1) is 0 Å². The van der Waals surface area contributed by atoms with Crippen molar-refractivity contribution >= 4 is 0 Å². The molecule has 0 saturated carbocycles. The summed E-state index contributed by atoms with van der Waals surface area (Å²) in [6.45, 7) is -1.06. The minimum atomic E-state index is -3.26. The van der Waals surface area contributed by atoms with Crippen molar-refractivity contribution in [2.75, 3.05) is 0 Å². The highest BCUT2D eigenvalue weighted by atomic mass is 16.3. The summed E-state index contributed by atoms with van der Waals surface area (Å²) in [4.78, 5) is 0. The van der Waals surface area contributed by atoms with Gasteiger partial charge in [0.25, 0.3) is 0 Å². The summed E-state index contributed by atoms with van der Waals surface area (Å²) in [7, 11) is 0. The Hall–Kier alpha value is -0.0400. The van der Waals surface area contributed by atoms with Crippen LogP contribution in [-0.4, -0.2) is 11.2 Å². The number of hydrogen-bond acceptors (Lipinski definition) is 1. The molecule has 0 saturated heterocycles. The van der Waals surface area contributed by atoms with Crippen LogP contribution in [0.1, 0.15) is 81.1 Å². The SMILES string of the molecule is [2H]C(CCCCCCCC)C([2H])([2H])C([2H])(O)C([2H])([2H])[2H]. The first-order valence-corrected chi connectivity index (χ1v) is 5.13. The lowest BCUT2D eigenvalue weighted by Gasteiger charge is -2.03. The van der Waals surface area contributed by atoms with Crippen molar-refractivity contribution in [3.05, 3.63) is 0 Å². The first kappa shape index (κ1) is 5.16. The van der Waals surface area contributed by atoms with Gasteiger partial charge in [-0.3, -0.25) is 0 Å². The Kier molecular flexibility index (Phi) is 3.98. The van der Waals surface area contributed by atoms with Crippen LogP contribution < -0.4 is 0 Å². The maximum atomic E-state index is 9.63. The second kappa shape index (κ2) is 10.0. The van der Waals surface area contributed by atoms with Crippen molar-refractivity contribution in [3.8, 4) is 0 Å². The van der Waals surface area contributed by atoms with Gasteiger partial charge in [0.05, 0.1) is 7.45 Å². The second-order valence-electron chi connectivity index (χ2n) is 3.25. The number of aliphatic hydroxyl groups is 1. The van der Waals surface area contributed by atoms with Crippen molar-refractivity contribution in [3.63, 3.8) is 0 Å². The lowest BCUT2D eigenvalue weighted by molar-refractivity contribution is 0.180. The third-order valence-corrected chi connectivity index (χ3v) is 1.94. The van der Waals surface area contributed by atoms with Gasteiger partial charge in [0, 0.05) is 8.22 Å². The van der Waals surface area contributed by atoms with Gasteiger partial charge in [0.1, 0.15) is 0 Å². The van der Waals surface area contributed by atoms with E-state index in [2.05, 4.69) is 6.92 Å². The van der Waals surface area contributed by atoms with Crippen molar-refractivity contribution in [2.24, 2.45) is 0 Å². The van der Waals surface area contributed by atoms with Gasteiger partial charge in [-0.05, 0) is 13.2 Å². The van der Waals surface area contributed by atoms with E-state index in [1.807, 2.05) is 0 Å². The summed E-state index contributed by atoms with van der Waals surface area (Å²) < 4.78 is 51.5. The van der Waals surface area contributed by atoms with Crippen LogP contribution in [0.2, 0.25) is 0 Å².